The quantitative estimate of drug-likeness (QED) is 0.866. The van der Waals surface area contributed by atoms with Gasteiger partial charge in [0.2, 0.25) is 0 Å². The summed E-state index contributed by atoms with van der Waals surface area (Å²) in [5.74, 6) is 0.313. The lowest BCUT2D eigenvalue weighted by Gasteiger charge is -2.26. The SMILES string of the molecule is CCOC(C(C)C)C(O)c1ccc2c(c1)CCC2. The monoisotopic (exact) mass is 248 g/mol. The standard InChI is InChI=1S/C16H24O2/c1-4-18-16(11(2)3)15(17)14-9-8-12-6-5-7-13(12)10-14/h8-11,15-17H,4-7H2,1-3H3. The Balaban J connectivity index is 2.19. The van der Waals surface area contributed by atoms with Crippen molar-refractivity contribution in [1.29, 1.82) is 0 Å². The van der Waals surface area contributed by atoms with Gasteiger partial charge in [-0.15, -0.1) is 0 Å². The summed E-state index contributed by atoms with van der Waals surface area (Å²) >= 11 is 0. The van der Waals surface area contributed by atoms with Gasteiger partial charge in [-0.25, -0.2) is 0 Å². The van der Waals surface area contributed by atoms with Gasteiger partial charge in [0.05, 0.1) is 6.10 Å². The van der Waals surface area contributed by atoms with Crippen molar-refractivity contribution in [3.8, 4) is 0 Å². The average Bonchev–Trinajstić information content (AvgIpc) is 2.81. The highest BCUT2D eigenvalue weighted by atomic mass is 16.5. The molecule has 2 nitrogen and oxygen atoms in total. The third-order valence-corrected chi connectivity index (χ3v) is 3.79. The van der Waals surface area contributed by atoms with E-state index in [4.69, 9.17) is 4.74 Å². The largest absolute Gasteiger partial charge is 0.386 e. The summed E-state index contributed by atoms with van der Waals surface area (Å²) < 4.78 is 5.69. The van der Waals surface area contributed by atoms with Crippen LogP contribution in [-0.4, -0.2) is 17.8 Å². The molecule has 0 aromatic heterocycles. The van der Waals surface area contributed by atoms with Gasteiger partial charge in [-0.05, 0) is 48.8 Å². The molecule has 0 spiro atoms. The third kappa shape index (κ3) is 2.76. The van der Waals surface area contributed by atoms with Crippen molar-refractivity contribution in [2.75, 3.05) is 6.61 Å². The van der Waals surface area contributed by atoms with Crippen molar-refractivity contribution in [2.45, 2.75) is 52.2 Å². The number of benzene rings is 1. The van der Waals surface area contributed by atoms with E-state index in [1.165, 1.54) is 24.0 Å². The molecule has 0 aliphatic heterocycles. The van der Waals surface area contributed by atoms with E-state index < -0.39 is 6.10 Å². The van der Waals surface area contributed by atoms with Gasteiger partial charge in [-0.1, -0.05) is 32.0 Å². The van der Waals surface area contributed by atoms with Crippen molar-refractivity contribution in [3.05, 3.63) is 34.9 Å². The Morgan fingerprint density at radius 2 is 1.94 bits per heavy atom. The molecular weight excluding hydrogens is 224 g/mol. The Kier molecular flexibility index (Phi) is 4.41. The maximum atomic E-state index is 10.5. The predicted octanol–water partition coefficient (Wildman–Crippen LogP) is 3.27. The molecule has 100 valence electrons. The molecule has 2 atom stereocenters. The van der Waals surface area contributed by atoms with Gasteiger partial charge in [0.25, 0.3) is 0 Å². The normalized spacial score (nSPS) is 17.8. The molecule has 1 N–H and O–H groups in total. The molecule has 18 heavy (non-hydrogen) atoms. The summed E-state index contributed by atoms with van der Waals surface area (Å²) in [5, 5.41) is 10.5. The van der Waals surface area contributed by atoms with Gasteiger partial charge < -0.3 is 9.84 Å². The lowest BCUT2D eigenvalue weighted by atomic mass is 9.94. The Hall–Kier alpha value is -0.860. The Morgan fingerprint density at radius 1 is 1.22 bits per heavy atom. The molecule has 0 radical (unpaired) electrons. The number of aliphatic hydroxyl groups excluding tert-OH is 1. The lowest BCUT2D eigenvalue weighted by molar-refractivity contribution is -0.0585. The van der Waals surface area contributed by atoms with Crippen LogP contribution in [0.25, 0.3) is 0 Å². The number of rotatable bonds is 5. The highest BCUT2D eigenvalue weighted by Crippen LogP contribution is 2.29. The first kappa shape index (κ1) is 13.6. The molecule has 2 unspecified atom stereocenters. The van der Waals surface area contributed by atoms with Crippen molar-refractivity contribution in [2.24, 2.45) is 5.92 Å². The van der Waals surface area contributed by atoms with Crippen molar-refractivity contribution in [3.63, 3.8) is 0 Å². The molecule has 2 heteroatoms. The van der Waals surface area contributed by atoms with Crippen molar-refractivity contribution < 1.29 is 9.84 Å². The van der Waals surface area contributed by atoms with Gasteiger partial charge in [0, 0.05) is 6.61 Å². The van der Waals surface area contributed by atoms with E-state index >= 15 is 0 Å². The van der Waals surface area contributed by atoms with Crippen LogP contribution in [0.15, 0.2) is 18.2 Å². The molecule has 0 saturated heterocycles. The highest BCUT2D eigenvalue weighted by Gasteiger charge is 2.25. The number of aliphatic hydroxyl groups is 1. The molecule has 0 amide bonds. The first-order chi connectivity index (χ1) is 8.63. The summed E-state index contributed by atoms with van der Waals surface area (Å²) in [7, 11) is 0. The van der Waals surface area contributed by atoms with Crippen LogP contribution in [-0.2, 0) is 17.6 Å². The molecule has 0 heterocycles. The third-order valence-electron chi connectivity index (χ3n) is 3.79. The second-order valence-corrected chi connectivity index (χ2v) is 5.49. The smallest absolute Gasteiger partial charge is 0.105 e. The topological polar surface area (TPSA) is 29.5 Å². The summed E-state index contributed by atoms with van der Waals surface area (Å²) in [6, 6.07) is 6.40. The first-order valence-corrected chi connectivity index (χ1v) is 7.04. The van der Waals surface area contributed by atoms with E-state index in [9.17, 15) is 5.11 Å². The zero-order chi connectivity index (χ0) is 13.1. The summed E-state index contributed by atoms with van der Waals surface area (Å²) in [5.41, 5.74) is 3.86. The van der Waals surface area contributed by atoms with Crippen molar-refractivity contribution >= 4 is 0 Å². The van der Waals surface area contributed by atoms with Crippen LogP contribution in [0.4, 0.5) is 0 Å². The van der Waals surface area contributed by atoms with Crippen LogP contribution in [0.5, 0.6) is 0 Å². The van der Waals surface area contributed by atoms with E-state index in [2.05, 4.69) is 32.0 Å². The number of aryl methyl sites for hydroxylation is 2. The predicted molar refractivity (Wildman–Crippen MR) is 73.7 cm³/mol. The van der Waals surface area contributed by atoms with E-state index in [1.54, 1.807) is 0 Å². The Morgan fingerprint density at radius 3 is 2.61 bits per heavy atom. The van der Waals surface area contributed by atoms with Gasteiger partial charge in [-0.2, -0.15) is 0 Å². The van der Waals surface area contributed by atoms with E-state index in [0.717, 1.165) is 12.0 Å². The zero-order valence-corrected chi connectivity index (χ0v) is 11.6. The van der Waals surface area contributed by atoms with E-state index in [1.807, 2.05) is 6.92 Å². The summed E-state index contributed by atoms with van der Waals surface area (Å²) in [6.07, 6.45) is 2.94. The molecule has 0 saturated carbocycles. The fraction of sp³-hybridized carbons (Fsp3) is 0.625. The van der Waals surface area contributed by atoms with Gasteiger partial charge in [0.1, 0.15) is 6.10 Å². The minimum atomic E-state index is -0.518. The van der Waals surface area contributed by atoms with Crippen molar-refractivity contribution in [1.82, 2.24) is 0 Å². The number of hydrogen-bond donors (Lipinski definition) is 1. The fourth-order valence-electron chi connectivity index (χ4n) is 2.81. The Labute approximate surface area is 110 Å². The molecule has 0 fully saturated rings. The molecule has 1 aliphatic rings. The second-order valence-electron chi connectivity index (χ2n) is 5.49. The minimum Gasteiger partial charge on any atom is -0.386 e. The second kappa shape index (κ2) is 5.85. The summed E-state index contributed by atoms with van der Waals surface area (Å²) in [6.45, 7) is 6.81. The lowest BCUT2D eigenvalue weighted by Crippen LogP contribution is -2.28. The zero-order valence-electron chi connectivity index (χ0n) is 11.6. The van der Waals surface area contributed by atoms with Gasteiger partial charge >= 0.3 is 0 Å². The van der Waals surface area contributed by atoms with Crippen LogP contribution < -0.4 is 0 Å². The molecular formula is C16H24O2. The van der Waals surface area contributed by atoms with Gasteiger partial charge in [0.15, 0.2) is 0 Å². The molecule has 1 aliphatic carbocycles. The Bertz CT molecular complexity index is 398. The van der Waals surface area contributed by atoms with Crippen LogP contribution in [0, 0.1) is 5.92 Å². The molecule has 1 aromatic carbocycles. The maximum absolute atomic E-state index is 10.5. The number of fused-ring (bicyclic) bond motifs is 1. The fourth-order valence-corrected chi connectivity index (χ4v) is 2.81. The van der Waals surface area contributed by atoms with Crippen LogP contribution >= 0.6 is 0 Å². The number of hydrogen-bond acceptors (Lipinski definition) is 2. The number of ether oxygens (including phenoxy) is 1. The highest BCUT2D eigenvalue weighted by molar-refractivity contribution is 5.36. The van der Waals surface area contributed by atoms with Crippen LogP contribution in [0.1, 0.15) is 50.0 Å². The van der Waals surface area contributed by atoms with Crippen LogP contribution in [0.2, 0.25) is 0 Å². The van der Waals surface area contributed by atoms with Gasteiger partial charge in [-0.3, -0.25) is 0 Å². The molecule has 2 rings (SSSR count). The summed E-state index contributed by atoms with van der Waals surface area (Å²) in [4.78, 5) is 0. The maximum Gasteiger partial charge on any atom is 0.105 e. The van der Waals surface area contributed by atoms with E-state index in [-0.39, 0.29) is 6.10 Å². The minimum absolute atomic E-state index is 0.116. The first-order valence-electron chi connectivity index (χ1n) is 7.04. The molecule has 1 aromatic rings. The van der Waals surface area contributed by atoms with Crippen LogP contribution in [0.3, 0.4) is 0 Å². The average molecular weight is 248 g/mol. The molecule has 0 bridgehead atoms. The van der Waals surface area contributed by atoms with E-state index in [0.29, 0.717) is 12.5 Å².